The van der Waals surface area contributed by atoms with Crippen molar-refractivity contribution in [3.8, 4) is 11.3 Å². The number of fused-ring (bicyclic) bond motifs is 1. The minimum atomic E-state index is 0.829. The molecule has 0 aliphatic rings. The molecule has 0 aliphatic carbocycles. The number of hydrogen-bond acceptors (Lipinski definition) is 3. The van der Waals surface area contributed by atoms with Crippen LogP contribution < -0.4 is 0 Å². The highest BCUT2D eigenvalue weighted by Gasteiger charge is 2.02. The van der Waals surface area contributed by atoms with E-state index in [1.54, 1.807) is 0 Å². The lowest BCUT2D eigenvalue weighted by Crippen LogP contribution is -1.91. The van der Waals surface area contributed by atoms with E-state index in [9.17, 15) is 0 Å². The van der Waals surface area contributed by atoms with Crippen LogP contribution in [0.15, 0.2) is 48.5 Å². The second-order valence-corrected chi connectivity index (χ2v) is 3.95. The lowest BCUT2D eigenvalue weighted by atomic mass is 10.1. The van der Waals surface area contributed by atoms with Crippen LogP contribution in [-0.2, 0) is 0 Å². The third-order valence-corrected chi connectivity index (χ3v) is 2.63. The molecule has 3 heteroatoms. The predicted octanol–water partition coefficient (Wildman–Crippen LogP) is 3.00. The van der Waals surface area contributed by atoms with Crippen LogP contribution in [0, 0.1) is 6.92 Å². The number of rotatable bonds is 1. The normalized spacial score (nSPS) is 10.6. The van der Waals surface area contributed by atoms with E-state index in [-0.39, 0.29) is 0 Å². The van der Waals surface area contributed by atoms with Crippen molar-refractivity contribution in [2.24, 2.45) is 0 Å². The van der Waals surface area contributed by atoms with Gasteiger partial charge in [-0.05, 0) is 25.1 Å². The third kappa shape index (κ3) is 1.87. The molecule has 0 spiro atoms. The highest BCUT2D eigenvalue weighted by Crippen LogP contribution is 2.19. The molecule has 0 atom stereocenters. The van der Waals surface area contributed by atoms with Gasteiger partial charge in [0.2, 0.25) is 0 Å². The first-order valence-electron chi connectivity index (χ1n) is 5.49. The second-order valence-electron chi connectivity index (χ2n) is 3.95. The molecule has 0 N–H and O–H groups in total. The molecule has 1 aromatic carbocycles. The van der Waals surface area contributed by atoms with Gasteiger partial charge in [-0.25, -0.2) is 4.98 Å². The lowest BCUT2D eigenvalue weighted by Gasteiger charge is -2.02. The van der Waals surface area contributed by atoms with Crippen molar-refractivity contribution >= 4 is 11.0 Å². The summed E-state index contributed by atoms with van der Waals surface area (Å²) >= 11 is 0. The molecule has 17 heavy (non-hydrogen) atoms. The van der Waals surface area contributed by atoms with Crippen LogP contribution in [0.4, 0.5) is 0 Å². The predicted molar refractivity (Wildman–Crippen MR) is 67.5 cm³/mol. The summed E-state index contributed by atoms with van der Waals surface area (Å²) in [6.07, 6.45) is 0. The number of hydrogen-bond donors (Lipinski definition) is 0. The maximum Gasteiger partial charge on any atom is 0.111 e. The number of aromatic nitrogens is 3. The van der Waals surface area contributed by atoms with Crippen LogP contribution in [0.3, 0.4) is 0 Å². The minimum absolute atomic E-state index is 0.829. The molecule has 0 amide bonds. The topological polar surface area (TPSA) is 38.7 Å². The van der Waals surface area contributed by atoms with Crippen molar-refractivity contribution in [2.75, 3.05) is 0 Å². The van der Waals surface area contributed by atoms with Gasteiger partial charge in [0, 0.05) is 5.56 Å². The summed E-state index contributed by atoms with van der Waals surface area (Å²) in [6.45, 7) is 1.92. The molecule has 0 fully saturated rings. The lowest BCUT2D eigenvalue weighted by molar-refractivity contribution is 1.01. The summed E-state index contributed by atoms with van der Waals surface area (Å²) in [4.78, 5) is 4.60. The Morgan fingerprint density at radius 3 is 2.47 bits per heavy atom. The second kappa shape index (κ2) is 3.94. The molecule has 2 aromatic heterocycles. The molecule has 2 heterocycles. The Morgan fingerprint density at radius 2 is 1.65 bits per heavy atom. The highest BCUT2D eigenvalue weighted by atomic mass is 15.1. The average molecular weight is 221 g/mol. The van der Waals surface area contributed by atoms with E-state index in [0.717, 1.165) is 28.0 Å². The zero-order valence-electron chi connectivity index (χ0n) is 9.46. The molecule has 0 unspecified atom stereocenters. The first-order valence-corrected chi connectivity index (χ1v) is 5.49. The summed E-state index contributed by atoms with van der Waals surface area (Å²) < 4.78 is 0. The van der Waals surface area contributed by atoms with Crippen molar-refractivity contribution in [1.29, 1.82) is 0 Å². The summed E-state index contributed by atoms with van der Waals surface area (Å²) in [6, 6.07) is 16.0. The Balaban J connectivity index is 2.19. The fourth-order valence-corrected chi connectivity index (χ4v) is 1.79. The van der Waals surface area contributed by atoms with E-state index < -0.39 is 0 Å². The smallest absolute Gasteiger partial charge is 0.111 e. The molecule has 3 nitrogen and oxygen atoms in total. The highest BCUT2D eigenvalue weighted by molar-refractivity contribution is 5.77. The quantitative estimate of drug-likeness (QED) is 0.634. The van der Waals surface area contributed by atoms with Gasteiger partial charge >= 0.3 is 0 Å². The molecule has 0 bridgehead atoms. The van der Waals surface area contributed by atoms with E-state index in [2.05, 4.69) is 27.3 Å². The van der Waals surface area contributed by atoms with Crippen molar-refractivity contribution in [3.63, 3.8) is 0 Å². The summed E-state index contributed by atoms with van der Waals surface area (Å²) in [5.41, 5.74) is 4.68. The van der Waals surface area contributed by atoms with Gasteiger partial charge in [0.15, 0.2) is 0 Å². The Hall–Kier alpha value is -2.29. The van der Waals surface area contributed by atoms with Crippen LogP contribution in [0.1, 0.15) is 5.69 Å². The first-order chi connectivity index (χ1) is 8.33. The number of pyridine rings is 1. The molecule has 3 rings (SSSR count). The van der Waals surface area contributed by atoms with Gasteiger partial charge in [-0.3, -0.25) is 0 Å². The van der Waals surface area contributed by atoms with Gasteiger partial charge in [0.05, 0.1) is 16.9 Å². The van der Waals surface area contributed by atoms with E-state index in [1.807, 2.05) is 43.3 Å². The number of nitrogens with zero attached hydrogens (tertiary/aromatic N) is 3. The van der Waals surface area contributed by atoms with Crippen molar-refractivity contribution < 1.29 is 0 Å². The molecule has 3 aromatic rings. The maximum absolute atomic E-state index is 4.60. The Morgan fingerprint density at radius 1 is 0.824 bits per heavy atom. The van der Waals surface area contributed by atoms with E-state index >= 15 is 0 Å². The van der Waals surface area contributed by atoms with E-state index in [0.29, 0.717) is 0 Å². The van der Waals surface area contributed by atoms with Crippen LogP contribution in [-0.4, -0.2) is 15.2 Å². The molecule has 0 aliphatic heterocycles. The number of aryl methyl sites for hydroxylation is 1. The zero-order chi connectivity index (χ0) is 11.7. The molecule has 0 radical (unpaired) electrons. The van der Waals surface area contributed by atoms with Gasteiger partial charge < -0.3 is 0 Å². The Labute approximate surface area is 99.2 Å². The summed E-state index contributed by atoms with van der Waals surface area (Å²) in [7, 11) is 0. The molecular weight excluding hydrogens is 210 g/mol. The summed E-state index contributed by atoms with van der Waals surface area (Å²) in [5, 5.41) is 8.12. The number of benzene rings is 1. The van der Waals surface area contributed by atoms with Crippen LogP contribution in [0.5, 0.6) is 0 Å². The maximum atomic E-state index is 4.60. The van der Waals surface area contributed by atoms with Crippen LogP contribution in [0.25, 0.3) is 22.3 Å². The Kier molecular flexibility index (Phi) is 2.29. The SMILES string of the molecule is Cc1cc2nc(-c3ccccc3)ccc2nn1. The fourth-order valence-electron chi connectivity index (χ4n) is 1.79. The molecule has 82 valence electrons. The largest absolute Gasteiger partial charge is 0.246 e. The van der Waals surface area contributed by atoms with Gasteiger partial charge in [-0.15, -0.1) is 5.10 Å². The van der Waals surface area contributed by atoms with E-state index in [4.69, 9.17) is 0 Å². The monoisotopic (exact) mass is 221 g/mol. The minimum Gasteiger partial charge on any atom is -0.246 e. The Bertz CT molecular complexity index is 663. The molecular formula is C14H11N3. The van der Waals surface area contributed by atoms with Crippen molar-refractivity contribution in [3.05, 3.63) is 54.2 Å². The van der Waals surface area contributed by atoms with Crippen LogP contribution in [0.2, 0.25) is 0 Å². The zero-order valence-corrected chi connectivity index (χ0v) is 9.46. The standard InChI is InChI=1S/C14H11N3/c1-10-9-14-13(17-16-10)8-7-12(15-14)11-5-3-2-4-6-11/h2-9H,1H3. The summed E-state index contributed by atoms with van der Waals surface area (Å²) in [5.74, 6) is 0. The van der Waals surface area contributed by atoms with Gasteiger partial charge in [0.25, 0.3) is 0 Å². The van der Waals surface area contributed by atoms with Crippen molar-refractivity contribution in [1.82, 2.24) is 15.2 Å². The third-order valence-electron chi connectivity index (χ3n) is 2.63. The molecule has 0 saturated heterocycles. The average Bonchev–Trinajstić information content (AvgIpc) is 2.39. The van der Waals surface area contributed by atoms with Gasteiger partial charge in [-0.2, -0.15) is 5.10 Å². The van der Waals surface area contributed by atoms with Gasteiger partial charge in [-0.1, -0.05) is 30.3 Å². The van der Waals surface area contributed by atoms with Crippen LogP contribution >= 0.6 is 0 Å². The fraction of sp³-hybridized carbons (Fsp3) is 0.0714. The first kappa shape index (κ1) is 9.90. The molecule has 0 saturated carbocycles. The van der Waals surface area contributed by atoms with E-state index in [1.165, 1.54) is 0 Å². The van der Waals surface area contributed by atoms with Crippen molar-refractivity contribution in [2.45, 2.75) is 6.92 Å². The van der Waals surface area contributed by atoms with Gasteiger partial charge in [0.1, 0.15) is 5.52 Å².